The minimum Gasteiger partial charge on any atom is -0.507 e. The van der Waals surface area contributed by atoms with Gasteiger partial charge < -0.3 is 10.2 Å². The average Bonchev–Trinajstić information content (AvgIpc) is 2.85. The molecule has 3 rings (SSSR count). The molecule has 1 heterocycles. The minimum atomic E-state index is -1.00. The van der Waals surface area contributed by atoms with Gasteiger partial charge >= 0.3 is 5.97 Å². The number of carbonyl (C=O) groups is 2. The highest BCUT2D eigenvalue weighted by Gasteiger charge is 2.30. The number of amides is 1. The van der Waals surface area contributed by atoms with Crippen LogP contribution in [0.25, 0.3) is 6.08 Å². The van der Waals surface area contributed by atoms with E-state index in [4.69, 9.17) is 5.11 Å². The van der Waals surface area contributed by atoms with E-state index in [9.17, 15) is 14.7 Å². The van der Waals surface area contributed by atoms with Gasteiger partial charge in [0.2, 0.25) is 0 Å². The third-order valence-corrected chi connectivity index (χ3v) is 4.63. The Morgan fingerprint density at radius 3 is 2.48 bits per heavy atom. The number of nitrogens with zero attached hydrogens (tertiary/aromatic N) is 2. The Hall–Kier alpha value is -3.06. The summed E-state index contributed by atoms with van der Waals surface area (Å²) in [5.41, 5.74) is 1.28. The maximum atomic E-state index is 12.4. The van der Waals surface area contributed by atoms with Crippen LogP contribution in [-0.4, -0.2) is 39.2 Å². The molecule has 1 amide bonds. The zero-order chi connectivity index (χ0) is 18.0. The van der Waals surface area contributed by atoms with Gasteiger partial charge in [-0.15, -0.1) is 0 Å². The van der Waals surface area contributed by atoms with E-state index >= 15 is 0 Å². The van der Waals surface area contributed by atoms with E-state index < -0.39 is 5.97 Å². The van der Waals surface area contributed by atoms with Crippen molar-refractivity contribution in [2.24, 2.45) is 4.99 Å². The maximum absolute atomic E-state index is 12.4. The number of carboxylic acid groups (broad SMARTS) is 1. The number of phenols is 1. The van der Waals surface area contributed by atoms with Gasteiger partial charge in [0, 0.05) is 12.6 Å². The second-order valence-electron chi connectivity index (χ2n) is 5.28. The predicted octanol–water partition coefficient (Wildman–Crippen LogP) is 3.32. The number of benzene rings is 2. The largest absolute Gasteiger partial charge is 0.507 e. The summed E-state index contributed by atoms with van der Waals surface area (Å²) in [4.78, 5) is 29.5. The number of carboxylic acids is 1. The number of amidine groups is 1. The second-order valence-corrected chi connectivity index (χ2v) is 6.29. The number of hydrogen-bond donors (Lipinski definition) is 2. The zero-order valence-electron chi connectivity index (χ0n) is 13.2. The van der Waals surface area contributed by atoms with E-state index in [0.717, 1.165) is 0 Å². The lowest BCUT2D eigenvalue weighted by atomic mass is 10.2. The summed E-state index contributed by atoms with van der Waals surface area (Å²) < 4.78 is 0. The van der Waals surface area contributed by atoms with E-state index in [0.29, 0.717) is 21.3 Å². The summed E-state index contributed by atoms with van der Waals surface area (Å²) in [6.07, 6.45) is 1.62. The van der Waals surface area contributed by atoms with Gasteiger partial charge in [-0.1, -0.05) is 18.2 Å². The number of thioether (sulfide) groups is 1. The van der Waals surface area contributed by atoms with Crippen LogP contribution in [0.3, 0.4) is 0 Å². The molecule has 0 atom stereocenters. The predicted molar refractivity (Wildman–Crippen MR) is 96.9 cm³/mol. The van der Waals surface area contributed by atoms with Gasteiger partial charge in [0.25, 0.3) is 5.91 Å². The number of carbonyl (C=O) groups excluding carboxylic acids is 1. The van der Waals surface area contributed by atoms with Crippen molar-refractivity contribution in [3.05, 3.63) is 64.6 Å². The number of phenolic OH excluding ortho intramolecular Hbond substituents is 1. The molecule has 1 fully saturated rings. The van der Waals surface area contributed by atoms with Crippen molar-refractivity contribution in [2.45, 2.75) is 0 Å². The Balaban J connectivity index is 1.88. The highest BCUT2D eigenvalue weighted by Crippen LogP contribution is 2.34. The molecule has 0 aromatic heterocycles. The van der Waals surface area contributed by atoms with Crippen LogP contribution < -0.4 is 0 Å². The van der Waals surface area contributed by atoms with Crippen LogP contribution in [0, 0.1) is 0 Å². The quantitative estimate of drug-likeness (QED) is 0.825. The zero-order valence-corrected chi connectivity index (χ0v) is 14.0. The van der Waals surface area contributed by atoms with E-state index in [1.165, 1.54) is 28.8 Å². The van der Waals surface area contributed by atoms with Crippen molar-refractivity contribution in [2.75, 3.05) is 7.05 Å². The molecule has 0 radical (unpaired) electrons. The Morgan fingerprint density at radius 1 is 1.16 bits per heavy atom. The summed E-state index contributed by atoms with van der Waals surface area (Å²) >= 11 is 1.20. The number of hydrogen-bond acceptors (Lipinski definition) is 5. The number of rotatable bonds is 3. The molecule has 6 nitrogen and oxygen atoms in total. The van der Waals surface area contributed by atoms with Crippen molar-refractivity contribution in [1.29, 1.82) is 0 Å². The van der Waals surface area contributed by atoms with Crippen molar-refractivity contribution in [1.82, 2.24) is 4.90 Å². The first-order chi connectivity index (χ1) is 12.0. The summed E-state index contributed by atoms with van der Waals surface area (Å²) in [7, 11) is 1.62. The van der Waals surface area contributed by atoms with E-state index in [1.807, 2.05) is 0 Å². The third kappa shape index (κ3) is 3.56. The van der Waals surface area contributed by atoms with Gasteiger partial charge in [0.15, 0.2) is 5.17 Å². The van der Waals surface area contributed by atoms with Gasteiger partial charge in [0.05, 0.1) is 16.2 Å². The van der Waals surface area contributed by atoms with E-state index in [1.54, 1.807) is 49.5 Å². The molecular formula is C18H14N2O4S. The minimum absolute atomic E-state index is 0.0979. The third-order valence-electron chi connectivity index (χ3n) is 3.57. The number of para-hydroxylation sites is 1. The molecular weight excluding hydrogens is 340 g/mol. The number of aliphatic imine (C=N–C) groups is 1. The standard InChI is InChI=1S/C18H14N2O4S/c1-20-16(22)15(10-12-4-2-3-5-14(12)21)25-18(20)19-13-8-6-11(7-9-13)17(23)24/h2-10,21H,1H3,(H,23,24)/b15-10-,19-18?. The van der Waals surface area contributed by atoms with Crippen molar-refractivity contribution in [3.8, 4) is 5.75 Å². The lowest BCUT2D eigenvalue weighted by Gasteiger charge is -2.07. The number of likely N-dealkylation sites (N-methyl/N-ethyl adjacent to an activating group) is 1. The second kappa shape index (κ2) is 6.82. The van der Waals surface area contributed by atoms with Gasteiger partial charge in [-0.05, 0) is 48.2 Å². The molecule has 2 aromatic carbocycles. The highest BCUT2D eigenvalue weighted by molar-refractivity contribution is 8.18. The molecule has 0 aliphatic carbocycles. The maximum Gasteiger partial charge on any atom is 0.335 e. The molecule has 126 valence electrons. The Morgan fingerprint density at radius 2 is 1.84 bits per heavy atom. The van der Waals surface area contributed by atoms with Gasteiger partial charge in [-0.3, -0.25) is 9.69 Å². The molecule has 2 N–H and O–H groups in total. The fourth-order valence-electron chi connectivity index (χ4n) is 2.19. The number of aromatic carboxylic acids is 1. The van der Waals surface area contributed by atoms with Gasteiger partial charge in [-0.2, -0.15) is 0 Å². The summed E-state index contributed by atoms with van der Waals surface area (Å²) in [6.45, 7) is 0. The molecule has 25 heavy (non-hydrogen) atoms. The SMILES string of the molecule is CN1C(=O)/C(=C/c2ccccc2O)SC1=Nc1ccc(C(=O)O)cc1. The summed E-state index contributed by atoms with van der Waals surface area (Å²) in [5, 5.41) is 19.2. The van der Waals surface area contributed by atoms with Crippen LogP contribution >= 0.6 is 11.8 Å². The molecule has 2 aromatic rings. The lowest BCUT2D eigenvalue weighted by molar-refractivity contribution is -0.121. The average molecular weight is 354 g/mol. The smallest absolute Gasteiger partial charge is 0.335 e. The normalized spacial score (nSPS) is 17.5. The van der Waals surface area contributed by atoms with E-state index in [-0.39, 0.29) is 17.2 Å². The first-order valence-electron chi connectivity index (χ1n) is 7.33. The Bertz CT molecular complexity index is 904. The molecule has 1 aliphatic rings. The van der Waals surface area contributed by atoms with Crippen LogP contribution in [0.15, 0.2) is 58.4 Å². The van der Waals surface area contributed by atoms with Crippen molar-refractivity contribution in [3.63, 3.8) is 0 Å². The Labute approximate surface area is 148 Å². The van der Waals surface area contributed by atoms with Crippen LogP contribution in [-0.2, 0) is 4.79 Å². The van der Waals surface area contributed by atoms with Crippen molar-refractivity contribution >= 4 is 40.6 Å². The van der Waals surface area contributed by atoms with Crippen LogP contribution in [0.2, 0.25) is 0 Å². The highest BCUT2D eigenvalue weighted by atomic mass is 32.2. The van der Waals surface area contributed by atoms with Gasteiger partial charge in [-0.25, -0.2) is 9.79 Å². The Kier molecular flexibility index (Phi) is 4.58. The molecule has 0 bridgehead atoms. The summed E-state index contributed by atoms with van der Waals surface area (Å²) in [5.74, 6) is -1.12. The topological polar surface area (TPSA) is 90.2 Å². The fraction of sp³-hybridized carbons (Fsp3) is 0.0556. The van der Waals surface area contributed by atoms with Crippen LogP contribution in [0.4, 0.5) is 5.69 Å². The first kappa shape index (κ1) is 16.8. The van der Waals surface area contributed by atoms with Crippen molar-refractivity contribution < 1.29 is 19.8 Å². The lowest BCUT2D eigenvalue weighted by Crippen LogP contribution is -2.23. The molecule has 0 saturated carbocycles. The molecule has 1 aliphatic heterocycles. The number of aromatic hydroxyl groups is 1. The fourth-order valence-corrected chi connectivity index (χ4v) is 3.17. The van der Waals surface area contributed by atoms with Crippen LogP contribution in [0.5, 0.6) is 5.75 Å². The molecule has 7 heteroatoms. The van der Waals surface area contributed by atoms with E-state index in [2.05, 4.69) is 4.99 Å². The monoisotopic (exact) mass is 354 g/mol. The first-order valence-corrected chi connectivity index (χ1v) is 8.15. The molecule has 0 unspecified atom stereocenters. The van der Waals surface area contributed by atoms with Crippen LogP contribution in [0.1, 0.15) is 15.9 Å². The molecule has 0 spiro atoms. The summed E-state index contributed by atoms with van der Waals surface area (Å²) in [6, 6.07) is 12.8. The van der Waals surface area contributed by atoms with Gasteiger partial charge in [0.1, 0.15) is 5.75 Å². The molecule has 1 saturated heterocycles.